The van der Waals surface area contributed by atoms with Crippen LogP contribution in [-0.2, 0) is 10.2 Å². The standard InChI is InChI=1S/C21H22ClN5O2/c1-21(2,20(28)26-19-9-18(29-3)16(22)11-25-19)15-6-7-17(24-10-15)14-5-4-8-27(12-14)13-23/h5-7,9-11H,4,8,12H2,1-3H3,(H,25,26,28). The number of anilines is 1. The molecule has 0 saturated carbocycles. The highest BCUT2D eigenvalue weighted by Gasteiger charge is 2.31. The molecule has 3 rings (SSSR count). The van der Waals surface area contributed by atoms with Crippen molar-refractivity contribution in [1.29, 1.82) is 5.26 Å². The number of aromatic nitrogens is 2. The van der Waals surface area contributed by atoms with E-state index in [9.17, 15) is 4.79 Å². The lowest BCUT2D eigenvalue weighted by molar-refractivity contribution is -0.120. The third-order valence-corrected chi connectivity index (χ3v) is 5.24. The molecule has 0 spiro atoms. The summed E-state index contributed by atoms with van der Waals surface area (Å²) in [5, 5.41) is 12.3. The van der Waals surface area contributed by atoms with Gasteiger partial charge in [-0.1, -0.05) is 23.7 Å². The predicted molar refractivity (Wildman–Crippen MR) is 111 cm³/mol. The average molecular weight is 412 g/mol. The van der Waals surface area contributed by atoms with Crippen LogP contribution in [0.4, 0.5) is 5.82 Å². The first-order valence-electron chi connectivity index (χ1n) is 9.16. The Labute approximate surface area is 175 Å². The van der Waals surface area contributed by atoms with Crippen molar-refractivity contribution in [1.82, 2.24) is 14.9 Å². The minimum atomic E-state index is -0.834. The molecule has 0 fully saturated rings. The Balaban J connectivity index is 1.76. The summed E-state index contributed by atoms with van der Waals surface area (Å²) in [6.45, 7) is 4.93. The number of rotatable bonds is 5. The number of ether oxygens (including phenoxy) is 1. The highest BCUT2D eigenvalue weighted by Crippen LogP contribution is 2.29. The molecule has 7 nitrogen and oxygen atoms in total. The van der Waals surface area contributed by atoms with Gasteiger partial charge in [-0.2, -0.15) is 5.26 Å². The number of carbonyl (C=O) groups is 1. The van der Waals surface area contributed by atoms with Gasteiger partial charge in [0.15, 0.2) is 6.19 Å². The number of nitrogens with zero attached hydrogens (tertiary/aromatic N) is 4. The molecule has 2 aromatic heterocycles. The third kappa shape index (κ3) is 4.49. The second-order valence-electron chi connectivity index (χ2n) is 7.25. The van der Waals surface area contributed by atoms with Gasteiger partial charge in [0.1, 0.15) is 16.6 Å². The van der Waals surface area contributed by atoms with Gasteiger partial charge in [0.25, 0.3) is 0 Å². The van der Waals surface area contributed by atoms with E-state index in [0.29, 0.717) is 23.1 Å². The molecule has 0 unspecified atom stereocenters. The summed E-state index contributed by atoms with van der Waals surface area (Å²) in [5.41, 5.74) is 1.77. The van der Waals surface area contributed by atoms with E-state index in [1.165, 1.54) is 13.3 Å². The van der Waals surface area contributed by atoms with Crippen molar-refractivity contribution >= 4 is 28.9 Å². The molecule has 0 aromatic carbocycles. The van der Waals surface area contributed by atoms with Gasteiger partial charge in [0, 0.05) is 18.8 Å². The number of halogens is 1. The fourth-order valence-electron chi connectivity index (χ4n) is 3.02. The van der Waals surface area contributed by atoms with Crippen molar-refractivity contribution in [3.63, 3.8) is 0 Å². The monoisotopic (exact) mass is 411 g/mol. The van der Waals surface area contributed by atoms with Gasteiger partial charge in [-0.05, 0) is 37.5 Å². The van der Waals surface area contributed by atoms with Crippen LogP contribution in [0.2, 0.25) is 5.02 Å². The molecule has 1 aliphatic heterocycles. The quantitative estimate of drug-likeness (QED) is 0.755. The SMILES string of the molecule is COc1cc(NC(=O)C(C)(C)c2ccc(C3=CCCN(C#N)C3)nc2)ncc1Cl. The number of nitriles is 1. The fourth-order valence-corrected chi connectivity index (χ4v) is 3.20. The van der Waals surface area contributed by atoms with Gasteiger partial charge < -0.3 is 15.0 Å². The first-order valence-corrected chi connectivity index (χ1v) is 9.54. The molecular weight excluding hydrogens is 390 g/mol. The van der Waals surface area contributed by atoms with Crippen molar-refractivity contribution in [2.24, 2.45) is 0 Å². The Kier molecular flexibility index (Phi) is 6.04. The number of carbonyl (C=O) groups excluding carboxylic acids is 1. The lowest BCUT2D eigenvalue weighted by Crippen LogP contribution is -2.35. The number of amides is 1. The summed E-state index contributed by atoms with van der Waals surface area (Å²) in [5.74, 6) is 0.572. The third-order valence-electron chi connectivity index (χ3n) is 4.96. The van der Waals surface area contributed by atoms with Crippen LogP contribution in [-0.4, -0.2) is 41.0 Å². The van der Waals surface area contributed by atoms with Crippen LogP contribution in [0.3, 0.4) is 0 Å². The van der Waals surface area contributed by atoms with Crippen LogP contribution in [0, 0.1) is 11.5 Å². The van der Waals surface area contributed by atoms with E-state index < -0.39 is 5.41 Å². The van der Waals surface area contributed by atoms with Gasteiger partial charge in [0.2, 0.25) is 5.91 Å². The number of pyridine rings is 2. The molecule has 150 valence electrons. The number of hydrogen-bond donors (Lipinski definition) is 1. The predicted octanol–water partition coefficient (Wildman–Crippen LogP) is 3.63. The van der Waals surface area contributed by atoms with Crippen LogP contribution in [0.15, 0.2) is 36.7 Å². The molecule has 0 radical (unpaired) electrons. The highest BCUT2D eigenvalue weighted by molar-refractivity contribution is 6.32. The smallest absolute Gasteiger partial charge is 0.235 e. The zero-order chi connectivity index (χ0) is 21.0. The maximum absolute atomic E-state index is 12.9. The molecule has 0 saturated heterocycles. The highest BCUT2D eigenvalue weighted by atomic mass is 35.5. The minimum Gasteiger partial charge on any atom is -0.495 e. The molecule has 0 bridgehead atoms. The molecular formula is C21H22ClN5O2. The van der Waals surface area contributed by atoms with Crippen LogP contribution in [0.5, 0.6) is 5.75 Å². The lowest BCUT2D eigenvalue weighted by Gasteiger charge is -2.25. The Morgan fingerprint density at radius 1 is 1.34 bits per heavy atom. The first-order chi connectivity index (χ1) is 13.8. The fraction of sp³-hybridized carbons (Fsp3) is 0.333. The Morgan fingerprint density at radius 3 is 2.79 bits per heavy atom. The van der Waals surface area contributed by atoms with Crippen molar-refractivity contribution < 1.29 is 9.53 Å². The van der Waals surface area contributed by atoms with Crippen LogP contribution >= 0.6 is 11.6 Å². The maximum atomic E-state index is 12.9. The van der Waals surface area contributed by atoms with E-state index in [1.807, 2.05) is 26.0 Å². The van der Waals surface area contributed by atoms with Gasteiger partial charge in [0.05, 0.1) is 31.0 Å². The van der Waals surface area contributed by atoms with Crippen LogP contribution in [0.25, 0.3) is 5.57 Å². The molecule has 0 aliphatic carbocycles. The molecule has 2 aromatic rings. The summed E-state index contributed by atoms with van der Waals surface area (Å²) in [6, 6.07) is 5.36. The maximum Gasteiger partial charge on any atom is 0.235 e. The zero-order valence-electron chi connectivity index (χ0n) is 16.6. The van der Waals surface area contributed by atoms with Crippen LogP contribution in [0.1, 0.15) is 31.5 Å². The topological polar surface area (TPSA) is 91.1 Å². The van der Waals surface area contributed by atoms with E-state index >= 15 is 0 Å². The van der Waals surface area contributed by atoms with E-state index in [2.05, 4.69) is 27.6 Å². The molecule has 3 heterocycles. The summed E-state index contributed by atoms with van der Waals surface area (Å²) < 4.78 is 5.16. The Bertz CT molecular complexity index is 980. The summed E-state index contributed by atoms with van der Waals surface area (Å²) in [6.07, 6.45) is 8.24. The molecule has 1 N–H and O–H groups in total. The van der Waals surface area contributed by atoms with Crippen LogP contribution < -0.4 is 10.1 Å². The Morgan fingerprint density at radius 2 is 2.14 bits per heavy atom. The van der Waals surface area contributed by atoms with E-state index in [1.54, 1.807) is 17.2 Å². The average Bonchev–Trinajstić information content (AvgIpc) is 2.75. The number of methoxy groups -OCH3 is 1. The van der Waals surface area contributed by atoms with Gasteiger partial charge in [-0.15, -0.1) is 0 Å². The largest absolute Gasteiger partial charge is 0.495 e. The summed E-state index contributed by atoms with van der Waals surface area (Å²) >= 11 is 5.98. The van der Waals surface area contributed by atoms with E-state index in [-0.39, 0.29) is 5.91 Å². The minimum absolute atomic E-state index is 0.225. The molecule has 0 atom stereocenters. The van der Waals surface area contributed by atoms with Crippen molar-refractivity contribution in [2.75, 3.05) is 25.5 Å². The molecule has 1 aliphatic rings. The van der Waals surface area contributed by atoms with E-state index in [0.717, 1.165) is 29.8 Å². The van der Waals surface area contributed by atoms with Gasteiger partial charge in [-0.25, -0.2) is 4.98 Å². The van der Waals surface area contributed by atoms with Crippen molar-refractivity contribution in [3.05, 3.63) is 52.9 Å². The zero-order valence-corrected chi connectivity index (χ0v) is 17.3. The number of nitrogens with one attached hydrogen (secondary N) is 1. The summed E-state index contributed by atoms with van der Waals surface area (Å²) in [4.78, 5) is 23.2. The molecule has 8 heteroatoms. The number of hydrogen-bond acceptors (Lipinski definition) is 6. The first kappa shape index (κ1) is 20.6. The Hall–Kier alpha value is -3.11. The van der Waals surface area contributed by atoms with E-state index in [4.69, 9.17) is 21.6 Å². The second-order valence-corrected chi connectivity index (χ2v) is 7.66. The van der Waals surface area contributed by atoms with Gasteiger partial charge in [-0.3, -0.25) is 9.78 Å². The lowest BCUT2D eigenvalue weighted by atomic mass is 9.84. The normalized spacial score (nSPS) is 14.0. The van der Waals surface area contributed by atoms with Gasteiger partial charge >= 0.3 is 0 Å². The second kappa shape index (κ2) is 8.50. The summed E-state index contributed by atoms with van der Waals surface area (Å²) in [7, 11) is 1.50. The van der Waals surface area contributed by atoms with Crippen molar-refractivity contribution in [2.45, 2.75) is 25.7 Å². The molecule has 1 amide bonds. The van der Waals surface area contributed by atoms with Crippen molar-refractivity contribution in [3.8, 4) is 11.9 Å². The molecule has 29 heavy (non-hydrogen) atoms.